The van der Waals surface area contributed by atoms with Crippen molar-refractivity contribution in [2.24, 2.45) is 49.6 Å². The summed E-state index contributed by atoms with van der Waals surface area (Å²) < 4.78 is 5.11. The molecule has 10 heteroatoms. The van der Waals surface area contributed by atoms with Gasteiger partial charge in [-0.25, -0.2) is 9.98 Å². The number of carbonyl (C=O) groups is 4. The molecule has 8 bridgehead atoms. The second-order valence-corrected chi connectivity index (χ2v) is 12.5. The molecule has 10 nitrogen and oxygen atoms in total. The number of carboxylic acids is 1. The van der Waals surface area contributed by atoms with Crippen LogP contribution in [0.4, 0.5) is 0 Å². The summed E-state index contributed by atoms with van der Waals surface area (Å²) in [6.45, 7) is 11.4. The molecule has 0 aromatic carbocycles. The van der Waals surface area contributed by atoms with Crippen LogP contribution in [0.25, 0.3) is 0 Å². The molecule has 5 atom stereocenters. The number of allylic oxidation sites excluding steroid dienone is 9. The van der Waals surface area contributed by atoms with Crippen molar-refractivity contribution in [3.05, 3.63) is 68.9 Å². The lowest BCUT2D eigenvalue weighted by Crippen LogP contribution is -2.30. The predicted molar refractivity (Wildman–Crippen MR) is 170 cm³/mol. The van der Waals surface area contributed by atoms with E-state index < -0.39 is 29.6 Å². The Kier molecular flexibility index (Phi) is 7.49. The van der Waals surface area contributed by atoms with Crippen LogP contribution in [0.1, 0.15) is 60.8 Å². The number of aliphatic imine (C=N–C) groups is 4. The number of fused-ring (bicyclic) bond motifs is 4. The SMILES string of the molecule is CCC1C2=CC3=NC4=C(C5=NC(=CC6=NC(=CC(=N2)C1C)C(C(C)=O)=C6C)C(C)C5CCC(=O)O)C(C(=O)OC)C(=O)C4=C3C. The van der Waals surface area contributed by atoms with Crippen LogP contribution in [0.3, 0.4) is 0 Å². The van der Waals surface area contributed by atoms with E-state index in [1.54, 1.807) is 0 Å². The van der Waals surface area contributed by atoms with Crippen LogP contribution in [0, 0.1) is 29.6 Å². The van der Waals surface area contributed by atoms with Crippen molar-refractivity contribution in [1.29, 1.82) is 0 Å². The summed E-state index contributed by atoms with van der Waals surface area (Å²) in [5.41, 5.74) is 7.44. The quantitative estimate of drug-likeness (QED) is 0.328. The van der Waals surface area contributed by atoms with Gasteiger partial charge in [-0.15, -0.1) is 0 Å². The highest BCUT2D eigenvalue weighted by atomic mass is 16.5. The first-order chi connectivity index (χ1) is 21.4. The van der Waals surface area contributed by atoms with E-state index in [9.17, 15) is 24.3 Å². The third-order valence-electron chi connectivity index (χ3n) is 9.94. The van der Waals surface area contributed by atoms with Gasteiger partial charge in [-0.3, -0.25) is 29.2 Å². The molecule has 0 spiro atoms. The Labute approximate surface area is 261 Å². The number of carboxylic acid groups (broad SMARTS) is 1. The van der Waals surface area contributed by atoms with Gasteiger partial charge in [-0.05, 0) is 63.0 Å². The van der Waals surface area contributed by atoms with Crippen LogP contribution >= 0.6 is 0 Å². The van der Waals surface area contributed by atoms with Crippen LogP contribution in [-0.4, -0.2) is 58.6 Å². The van der Waals surface area contributed by atoms with E-state index in [0.717, 1.165) is 17.8 Å². The smallest absolute Gasteiger partial charge is 0.321 e. The minimum absolute atomic E-state index is 0.0571. The number of hydrogen-bond acceptors (Lipinski definition) is 9. The summed E-state index contributed by atoms with van der Waals surface area (Å²) in [7, 11) is 1.24. The summed E-state index contributed by atoms with van der Waals surface area (Å²) in [6.07, 6.45) is 6.57. The molecule has 1 aliphatic carbocycles. The van der Waals surface area contributed by atoms with Crippen molar-refractivity contribution in [1.82, 2.24) is 0 Å². The maximum Gasteiger partial charge on any atom is 0.321 e. The van der Waals surface area contributed by atoms with E-state index in [1.165, 1.54) is 14.0 Å². The molecule has 6 rings (SSSR count). The van der Waals surface area contributed by atoms with Crippen LogP contribution in [-0.2, 0) is 23.9 Å². The second-order valence-electron chi connectivity index (χ2n) is 12.5. The first-order valence-corrected chi connectivity index (χ1v) is 15.4. The Balaban J connectivity index is 1.67. The van der Waals surface area contributed by atoms with Crippen LogP contribution < -0.4 is 0 Å². The average Bonchev–Trinajstić information content (AvgIpc) is 3.72. The predicted octanol–water partition coefficient (Wildman–Crippen LogP) is 5.10. The zero-order valence-corrected chi connectivity index (χ0v) is 26.5. The number of aliphatic carboxylic acids is 1. The summed E-state index contributed by atoms with van der Waals surface area (Å²) in [5, 5.41) is 9.59. The minimum Gasteiger partial charge on any atom is -0.481 e. The lowest BCUT2D eigenvalue weighted by atomic mass is 9.81. The molecule has 5 aliphatic heterocycles. The summed E-state index contributed by atoms with van der Waals surface area (Å²) in [6, 6.07) is 0. The standard InChI is InChI=1S/C35H36N4O6/c1-8-19-14(2)21-13-26-28(18(6)40)16(4)23(37-26)11-22-15(3)20(9-10-27(41)42)32(38-22)30-31(35(44)45-7)34(43)29-17(5)24(39-33(29)30)12-25(19)36-21/h11-15,19-20,31H,8-10H2,1-7H3,(H,41,42). The van der Waals surface area contributed by atoms with Crippen molar-refractivity contribution in [2.75, 3.05) is 7.11 Å². The number of carbonyl (C=O) groups excluding carboxylic acids is 3. The van der Waals surface area contributed by atoms with E-state index in [1.807, 2.05) is 39.0 Å². The molecule has 232 valence electrons. The summed E-state index contributed by atoms with van der Waals surface area (Å²) in [4.78, 5) is 71.7. The Morgan fingerprint density at radius 2 is 1.60 bits per heavy atom. The monoisotopic (exact) mass is 608 g/mol. The fraction of sp³-hybridized carbons (Fsp3) is 0.429. The minimum atomic E-state index is -1.26. The van der Waals surface area contributed by atoms with Crippen molar-refractivity contribution in [3.8, 4) is 0 Å². The number of ether oxygens (including phenoxy) is 1. The molecular formula is C35H36N4O6. The molecule has 0 fully saturated rings. The molecule has 6 aliphatic rings. The van der Waals surface area contributed by atoms with Crippen molar-refractivity contribution in [2.45, 2.75) is 60.8 Å². The van der Waals surface area contributed by atoms with E-state index >= 15 is 0 Å². The Hall–Kier alpha value is -4.60. The first-order valence-electron chi connectivity index (χ1n) is 15.4. The Morgan fingerprint density at radius 3 is 2.24 bits per heavy atom. The van der Waals surface area contributed by atoms with Gasteiger partial charge in [0.25, 0.3) is 0 Å². The highest BCUT2D eigenvalue weighted by molar-refractivity contribution is 6.31. The molecule has 45 heavy (non-hydrogen) atoms. The zero-order valence-electron chi connectivity index (χ0n) is 26.5. The Morgan fingerprint density at radius 1 is 0.911 bits per heavy atom. The number of methoxy groups -OCH3 is 1. The van der Waals surface area contributed by atoms with E-state index in [2.05, 4.69) is 13.8 Å². The number of rotatable bonds is 6. The number of esters is 1. The lowest BCUT2D eigenvalue weighted by Gasteiger charge is -2.20. The molecule has 0 radical (unpaired) electrons. The maximum atomic E-state index is 14.0. The normalized spacial score (nSPS) is 28.6. The van der Waals surface area contributed by atoms with Gasteiger partial charge in [0.2, 0.25) is 0 Å². The molecule has 0 amide bonds. The maximum absolute atomic E-state index is 14.0. The number of ketones is 2. The highest BCUT2D eigenvalue weighted by Gasteiger charge is 2.51. The van der Waals surface area contributed by atoms with E-state index in [4.69, 9.17) is 24.7 Å². The zero-order chi connectivity index (χ0) is 32.5. The van der Waals surface area contributed by atoms with E-state index in [0.29, 0.717) is 62.1 Å². The Bertz CT molecular complexity index is 1820. The van der Waals surface area contributed by atoms with Gasteiger partial charge in [0.1, 0.15) is 5.92 Å². The average molecular weight is 609 g/mol. The van der Waals surface area contributed by atoms with Gasteiger partial charge >= 0.3 is 11.9 Å². The van der Waals surface area contributed by atoms with Crippen LogP contribution in [0.2, 0.25) is 0 Å². The molecule has 0 aromatic heterocycles. The van der Waals surface area contributed by atoms with Gasteiger partial charge in [-0.1, -0.05) is 20.8 Å². The van der Waals surface area contributed by atoms with E-state index in [-0.39, 0.29) is 36.4 Å². The molecule has 0 saturated carbocycles. The molecule has 5 heterocycles. The van der Waals surface area contributed by atoms with Crippen molar-refractivity contribution < 1.29 is 29.0 Å². The first kappa shape index (κ1) is 30.4. The second kappa shape index (κ2) is 11.1. The molecule has 5 unspecified atom stereocenters. The van der Waals surface area contributed by atoms with Crippen LogP contribution in [0.15, 0.2) is 88.9 Å². The summed E-state index contributed by atoms with van der Waals surface area (Å²) >= 11 is 0. The third-order valence-corrected chi connectivity index (χ3v) is 9.94. The van der Waals surface area contributed by atoms with Gasteiger partial charge in [0.15, 0.2) is 11.6 Å². The van der Waals surface area contributed by atoms with Gasteiger partial charge in [-0.2, -0.15) is 0 Å². The number of Topliss-reactive ketones (excluding diaryl/α,β-unsaturated/α-hetero) is 2. The van der Waals surface area contributed by atoms with Crippen molar-refractivity contribution >= 4 is 46.4 Å². The molecule has 1 N–H and O–H groups in total. The van der Waals surface area contributed by atoms with Crippen molar-refractivity contribution in [3.63, 3.8) is 0 Å². The lowest BCUT2D eigenvalue weighted by molar-refractivity contribution is -0.146. The fourth-order valence-corrected chi connectivity index (χ4v) is 7.44. The molecule has 0 saturated heterocycles. The number of nitrogens with zero attached hydrogens (tertiary/aromatic N) is 4. The topological polar surface area (TPSA) is 147 Å². The van der Waals surface area contributed by atoms with Gasteiger partial charge in [0.05, 0.1) is 35.6 Å². The fourth-order valence-electron chi connectivity index (χ4n) is 7.44. The highest BCUT2D eigenvalue weighted by Crippen LogP contribution is 2.48. The van der Waals surface area contributed by atoms with Crippen LogP contribution in [0.5, 0.6) is 0 Å². The molecular weight excluding hydrogens is 572 g/mol. The van der Waals surface area contributed by atoms with Gasteiger partial charge in [0, 0.05) is 63.9 Å². The largest absolute Gasteiger partial charge is 0.481 e. The third kappa shape index (κ3) is 4.69. The summed E-state index contributed by atoms with van der Waals surface area (Å²) in [5.74, 6) is -3.98. The number of hydrogen-bond donors (Lipinski definition) is 1. The van der Waals surface area contributed by atoms with Gasteiger partial charge < -0.3 is 9.84 Å². The molecule has 0 aromatic rings.